The molecule has 0 saturated heterocycles. The van der Waals surface area contributed by atoms with Crippen LogP contribution in [0.5, 0.6) is 11.5 Å². The number of hydrogen-bond donors (Lipinski definition) is 14. The summed E-state index contributed by atoms with van der Waals surface area (Å²) in [6.45, 7) is 1.42. The van der Waals surface area contributed by atoms with Gasteiger partial charge in [-0.25, -0.2) is 14.4 Å². The number of carboxylic acids is 5. The van der Waals surface area contributed by atoms with Gasteiger partial charge in [0, 0.05) is 107 Å². The molecule has 0 bridgehead atoms. The summed E-state index contributed by atoms with van der Waals surface area (Å²) >= 11 is 1.72. The molecule has 0 aromatic heterocycles. The summed E-state index contributed by atoms with van der Waals surface area (Å²) in [5, 5.41) is 87.3. The third-order valence-corrected chi connectivity index (χ3v) is 15.8. The smallest absolute Gasteiger partial charge is 0.326 e. The summed E-state index contributed by atoms with van der Waals surface area (Å²) < 4.78 is 0. The van der Waals surface area contributed by atoms with Gasteiger partial charge in [-0.3, -0.25) is 48.2 Å². The number of thioether (sulfide) groups is 1. The normalized spacial score (nSPS) is 13.6. The van der Waals surface area contributed by atoms with Gasteiger partial charge in [0.2, 0.25) is 29.5 Å². The summed E-state index contributed by atoms with van der Waals surface area (Å²) in [7, 11) is 0. The number of amides is 7. The molecule has 0 aliphatic heterocycles. The average Bonchev–Trinajstić information content (AvgIpc) is 3.65. The minimum Gasteiger partial charge on any atom is -0.508 e. The molecule has 1 saturated carbocycles. The van der Waals surface area contributed by atoms with Crippen molar-refractivity contribution in [3.8, 4) is 11.5 Å². The Kier molecular flexibility index (Phi) is 35.0. The van der Waals surface area contributed by atoms with Crippen LogP contribution in [0.3, 0.4) is 0 Å². The maximum absolute atomic E-state index is 13.0. The third kappa shape index (κ3) is 33.1. The van der Waals surface area contributed by atoms with Gasteiger partial charge in [-0.1, -0.05) is 62.8 Å². The second-order valence-electron chi connectivity index (χ2n) is 21.7. The highest BCUT2D eigenvalue weighted by molar-refractivity contribution is 8.00. The van der Waals surface area contributed by atoms with Crippen molar-refractivity contribution in [2.75, 3.05) is 58.1 Å². The lowest BCUT2D eigenvalue weighted by Gasteiger charge is -2.26. The lowest BCUT2D eigenvalue weighted by atomic mass is 10.0. The molecule has 1 aliphatic carbocycles. The van der Waals surface area contributed by atoms with Gasteiger partial charge in [0.05, 0.1) is 13.1 Å². The van der Waals surface area contributed by atoms with Crippen molar-refractivity contribution in [2.24, 2.45) is 0 Å². The van der Waals surface area contributed by atoms with E-state index >= 15 is 0 Å². The molecule has 27 nitrogen and oxygen atoms in total. The number of carbonyl (C=O) groups is 11. The van der Waals surface area contributed by atoms with Gasteiger partial charge >= 0.3 is 35.9 Å². The monoisotopic (exact) mass is 1240 g/mol. The van der Waals surface area contributed by atoms with Crippen molar-refractivity contribution < 1.29 is 88.5 Å². The van der Waals surface area contributed by atoms with E-state index in [1.165, 1.54) is 48.1 Å². The summed E-state index contributed by atoms with van der Waals surface area (Å²) in [4.78, 5) is 136. The van der Waals surface area contributed by atoms with Crippen LogP contribution in [0.15, 0.2) is 36.4 Å². The number of hydrogen-bond acceptors (Lipinski definition) is 16. The number of carbonyl (C=O) groups excluding carboxylic acids is 6. The van der Waals surface area contributed by atoms with Crippen LogP contribution in [0.2, 0.25) is 0 Å². The van der Waals surface area contributed by atoms with Crippen molar-refractivity contribution in [2.45, 2.75) is 172 Å². The number of phenolic OH excluding ortho intramolecular Hbond substituents is 2. The Morgan fingerprint density at radius 3 is 1.48 bits per heavy atom. The molecule has 87 heavy (non-hydrogen) atoms. The van der Waals surface area contributed by atoms with Crippen LogP contribution in [0.1, 0.15) is 145 Å². The number of unbranched alkanes of at least 4 members (excludes halogenated alkanes) is 3. The van der Waals surface area contributed by atoms with Crippen LogP contribution in [0.25, 0.3) is 0 Å². The molecule has 3 atom stereocenters. The zero-order valence-electron chi connectivity index (χ0n) is 49.6. The first-order valence-corrected chi connectivity index (χ1v) is 30.7. The number of phenols is 2. The molecule has 0 radical (unpaired) electrons. The van der Waals surface area contributed by atoms with E-state index in [9.17, 15) is 83.4 Å². The maximum Gasteiger partial charge on any atom is 0.326 e. The average molecular weight is 1240 g/mol. The van der Waals surface area contributed by atoms with Gasteiger partial charge in [-0.05, 0) is 87.5 Å². The highest BCUT2D eigenvalue weighted by atomic mass is 32.2. The van der Waals surface area contributed by atoms with Crippen LogP contribution in [0.4, 0.5) is 4.79 Å². The van der Waals surface area contributed by atoms with Crippen molar-refractivity contribution >= 4 is 77.2 Å². The number of aromatic hydroxyl groups is 2. The molecule has 2 aromatic carbocycles. The van der Waals surface area contributed by atoms with Gasteiger partial charge < -0.3 is 73.0 Å². The van der Waals surface area contributed by atoms with Crippen LogP contribution in [-0.2, 0) is 73.9 Å². The highest BCUT2D eigenvalue weighted by Gasteiger charge is 2.26. The van der Waals surface area contributed by atoms with E-state index in [2.05, 4.69) is 37.2 Å². The molecule has 14 N–H and O–H groups in total. The molecule has 0 spiro atoms. The quantitative estimate of drug-likeness (QED) is 0.0424. The fraction of sp³-hybridized carbons (Fsp3) is 0.610. The highest BCUT2D eigenvalue weighted by Crippen LogP contribution is 2.28. The predicted octanol–water partition coefficient (Wildman–Crippen LogP) is 3.05. The fourth-order valence-corrected chi connectivity index (χ4v) is 11.0. The van der Waals surface area contributed by atoms with E-state index in [0.29, 0.717) is 78.3 Å². The number of rotatable bonds is 43. The molecule has 0 heterocycles. The minimum atomic E-state index is -1.53. The van der Waals surface area contributed by atoms with E-state index in [1.807, 2.05) is 0 Å². The fourth-order valence-electron chi connectivity index (χ4n) is 9.61. The van der Waals surface area contributed by atoms with Crippen LogP contribution in [0, 0.1) is 0 Å². The SMILES string of the molecule is CC(=O)NC(CSC1CCCCCCC1)C(=O)NCCNC(=O)CCc1ccc(O)c(CN(CCN(CC(=O)O)Cc2cc(CCC(=O)NCCCCCC(=O)NCCCCC(NC(=O)NC(CCC(=O)O)C(=O)O)C(=O)O)ccc2O)CC(=O)O)c1. The first-order valence-electron chi connectivity index (χ1n) is 29.7. The second-order valence-corrected chi connectivity index (χ2v) is 23.0. The number of aryl methyl sites for hydroxylation is 2. The van der Waals surface area contributed by atoms with Crippen molar-refractivity contribution in [3.63, 3.8) is 0 Å². The Balaban J connectivity index is 1.39. The molecule has 3 unspecified atom stereocenters. The lowest BCUT2D eigenvalue weighted by molar-refractivity contribution is -0.141. The molecule has 28 heteroatoms. The number of nitrogens with one attached hydrogen (secondary N) is 7. The molecular formula is C59H89N9O18S. The van der Waals surface area contributed by atoms with Crippen LogP contribution < -0.4 is 37.2 Å². The molecule has 1 aliphatic rings. The summed E-state index contributed by atoms with van der Waals surface area (Å²) in [5.41, 5.74) is 2.16. The van der Waals surface area contributed by atoms with Crippen molar-refractivity contribution in [1.29, 1.82) is 0 Å². The molecular weight excluding hydrogens is 1150 g/mol. The Morgan fingerprint density at radius 1 is 0.517 bits per heavy atom. The summed E-state index contributed by atoms with van der Waals surface area (Å²) in [6, 6.07) is 4.90. The number of aliphatic carboxylic acids is 5. The lowest BCUT2D eigenvalue weighted by Crippen LogP contribution is -2.51. The van der Waals surface area contributed by atoms with Gasteiger partial charge in [0.15, 0.2) is 0 Å². The first-order chi connectivity index (χ1) is 41.5. The molecule has 1 fully saturated rings. The Bertz CT molecular complexity index is 2590. The van der Waals surface area contributed by atoms with E-state index in [1.54, 1.807) is 36.0 Å². The first kappa shape index (κ1) is 73.5. The van der Waals surface area contributed by atoms with Crippen molar-refractivity contribution in [3.05, 3.63) is 58.7 Å². The van der Waals surface area contributed by atoms with E-state index in [0.717, 1.165) is 25.7 Å². The zero-order valence-corrected chi connectivity index (χ0v) is 50.4. The van der Waals surface area contributed by atoms with E-state index in [-0.39, 0.29) is 119 Å². The number of benzene rings is 2. The zero-order chi connectivity index (χ0) is 64.1. The number of carboxylic acid groups (broad SMARTS) is 5. The predicted molar refractivity (Wildman–Crippen MR) is 321 cm³/mol. The number of nitrogens with zero attached hydrogens (tertiary/aromatic N) is 2. The molecule has 3 rings (SSSR count). The third-order valence-electron chi connectivity index (χ3n) is 14.3. The summed E-state index contributed by atoms with van der Waals surface area (Å²) in [6.07, 6.45) is 10.7. The molecule has 2 aromatic rings. The Hall–Kier alpha value is -7.72. The Labute approximate surface area is 510 Å². The van der Waals surface area contributed by atoms with Crippen molar-refractivity contribution in [1.82, 2.24) is 47.0 Å². The maximum atomic E-state index is 13.0. The largest absolute Gasteiger partial charge is 0.508 e. The van der Waals surface area contributed by atoms with Gasteiger partial charge in [-0.2, -0.15) is 11.8 Å². The van der Waals surface area contributed by atoms with Gasteiger partial charge in [0.25, 0.3) is 0 Å². The molecule has 7 amide bonds. The minimum absolute atomic E-state index is 0.0137. The summed E-state index contributed by atoms with van der Waals surface area (Å²) in [5.74, 6) is -7.52. The Morgan fingerprint density at radius 2 is 0.989 bits per heavy atom. The number of urea groups is 1. The van der Waals surface area contributed by atoms with Gasteiger partial charge in [-0.15, -0.1) is 0 Å². The van der Waals surface area contributed by atoms with Crippen LogP contribution in [-0.4, -0.2) is 192 Å². The van der Waals surface area contributed by atoms with E-state index < -0.39 is 79.9 Å². The van der Waals surface area contributed by atoms with Crippen LogP contribution >= 0.6 is 11.8 Å². The standard InChI is InChI=1S/C59H89N9O18S/c1-39(69)64-47(38-87-44-12-6-3-2-4-7-13-44)56(81)63-29-28-62-52(74)24-19-41-17-22-49(71)43(33-41)35-68(37-55(79)80)31-30-67(36-54(77)78)34-42-32-40(16-21-48(42)70)18-23-51(73)61-26-10-5-8-15-50(72)60-27-11-9-14-45(57(82)83)65-59(86)66-46(58(84)85)20-25-53(75)76/h16-17,21-22,32-33,44-47,70-71H,2-15,18-20,23-31,34-38H2,1H3,(H,60,72)(H,61,73)(H,62,74)(H,63,81)(H,64,69)(H,75,76)(H,77,78)(H,79,80)(H,82,83)(H,84,85)(H2,65,66,86). The van der Waals surface area contributed by atoms with E-state index in [4.69, 9.17) is 5.11 Å². The van der Waals surface area contributed by atoms with Gasteiger partial charge in [0.1, 0.15) is 29.6 Å². The molecule has 484 valence electrons. The topological polar surface area (TPSA) is 420 Å². The second kappa shape index (κ2) is 41.4.